The summed E-state index contributed by atoms with van der Waals surface area (Å²) in [5.41, 5.74) is 0.300. The highest BCUT2D eigenvalue weighted by Gasteiger charge is 2.14. The Balaban J connectivity index is 2.05. The first-order valence-electron chi connectivity index (χ1n) is 6.64. The number of carbonyl (C=O) groups excluding carboxylic acids is 1. The predicted molar refractivity (Wildman–Crippen MR) is 85.1 cm³/mol. The van der Waals surface area contributed by atoms with Gasteiger partial charge in [-0.05, 0) is 30.3 Å². The summed E-state index contributed by atoms with van der Waals surface area (Å²) in [7, 11) is 2.97. The molecule has 0 atom stereocenters. The predicted octanol–water partition coefficient (Wildman–Crippen LogP) is 3.51. The van der Waals surface area contributed by atoms with Crippen LogP contribution in [0.5, 0.6) is 17.2 Å². The number of ether oxygens (including phenoxy) is 3. The highest BCUT2D eigenvalue weighted by Crippen LogP contribution is 2.36. The molecule has 0 radical (unpaired) electrons. The van der Waals surface area contributed by atoms with Gasteiger partial charge in [0.15, 0.2) is 18.1 Å². The molecule has 0 unspecified atom stereocenters. The molecule has 122 valence electrons. The van der Waals surface area contributed by atoms with Gasteiger partial charge in [-0.1, -0.05) is 17.7 Å². The van der Waals surface area contributed by atoms with Crippen molar-refractivity contribution < 1.29 is 23.4 Å². The van der Waals surface area contributed by atoms with Crippen LogP contribution >= 0.6 is 11.6 Å². The molecule has 0 fully saturated rings. The minimum Gasteiger partial charge on any atom is -0.493 e. The minimum absolute atomic E-state index is 0.105. The summed E-state index contributed by atoms with van der Waals surface area (Å²) in [6, 6.07) is 8.80. The Morgan fingerprint density at radius 1 is 1.17 bits per heavy atom. The maximum atomic E-state index is 13.0. The van der Waals surface area contributed by atoms with Gasteiger partial charge in [0.25, 0.3) is 5.91 Å². The standard InChI is InChI=1S/C16H15ClFNO4/c1-21-13-4-3-5-14(22-2)16(13)23-9-15(20)19-12-7-6-10(18)8-11(12)17/h3-8H,9H2,1-2H3,(H,19,20). The fourth-order valence-electron chi connectivity index (χ4n) is 1.87. The largest absolute Gasteiger partial charge is 0.493 e. The first kappa shape index (κ1) is 16.9. The summed E-state index contributed by atoms with van der Waals surface area (Å²) >= 11 is 5.85. The Kier molecular flexibility index (Phi) is 5.65. The van der Waals surface area contributed by atoms with Crippen molar-refractivity contribution in [1.82, 2.24) is 0 Å². The average molecular weight is 340 g/mol. The van der Waals surface area contributed by atoms with Crippen molar-refractivity contribution in [1.29, 1.82) is 0 Å². The summed E-state index contributed by atoms with van der Waals surface area (Å²) < 4.78 is 28.8. The molecular weight excluding hydrogens is 325 g/mol. The number of nitrogens with one attached hydrogen (secondary N) is 1. The van der Waals surface area contributed by atoms with Crippen molar-refractivity contribution in [3.8, 4) is 17.2 Å². The van der Waals surface area contributed by atoms with Gasteiger partial charge in [0.2, 0.25) is 5.75 Å². The van der Waals surface area contributed by atoms with E-state index in [-0.39, 0.29) is 11.6 Å². The summed E-state index contributed by atoms with van der Waals surface area (Å²) in [5, 5.41) is 2.64. The zero-order chi connectivity index (χ0) is 16.8. The number of hydrogen-bond donors (Lipinski definition) is 1. The van der Waals surface area contributed by atoms with Crippen LogP contribution in [0.3, 0.4) is 0 Å². The summed E-state index contributed by atoms with van der Waals surface area (Å²) in [6.07, 6.45) is 0. The maximum absolute atomic E-state index is 13.0. The van der Waals surface area contributed by atoms with Gasteiger partial charge in [0.1, 0.15) is 5.82 Å². The van der Waals surface area contributed by atoms with Gasteiger partial charge in [0.05, 0.1) is 24.9 Å². The number of para-hydroxylation sites is 1. The molecule has 0 heterocycles. The third kappa shape index (κ3) is 4.26. The Hall–Kier alpha value is -2.47. The number of halogens is 2. The van der Waals surface area contributed by atoms with Gasteiger partial charge >= 0.3 is 0 Å². The number of rotatable bonds is 6. The fraction of sp³-hybridized carbons (Fsp3) is 0.188. The van der Waals surface area contributed by atoms with Gasteiger partial charge < -0.3 is 19.5 Å². The van der Waals surface area contributed by atoms with E-state index in [1.165, 1.54) is 26.4 Å². The molecule has 0 spiro atoms. The van der Waals surface area contributed by atoms with Crippen molar-refractivity contribution >= 4 is 23.2 Å². The number of methoxy groups -OCH3 is 2. The SMILES string of the molecule is COc1cccc(OC)c1OCC(=O)Nc1ccc(F)cc1Cl. The van der Waals surface area contributed by atoms with Gasteiger partial charge in [-0.15, -0.1) is 0 Å². The summed E-state index contributed by atoms with van der Waals surface area (Å²) in [5.74, 6) is 0.265. The van der Waals surface area contributed by atoms with E-state index in [1.807, 2.05) is 0 Å². The second kappa shape index (κ2) is 7.69. The van der Waals surface area contributed by atoms with Crippen LogP contribution in [-0.4, -0.2) is 26.7 Å². The molecule has 0 aliphatic heterocycles. The minimum atomic E-state index is -0.483. The number of hydrogen-bond acceptors (Lipinski definition) is 4. The van der Waals surface area contributed by atoms with Crippen LogP contribution in [0.2, 0.25) is 5.02 Å². The summed E-state index contributed by atoms with van der Waals surface area (Å²) in [6.45, 7) is -0.287. The third-order valence-corrected chi connectivity index (χ3v) is 3.25. The lowest BCUT2D eigenvalue weighted by atomic mass is 10.3. The molecule has 0 aromatic heterocycles. The second-order valence-electron chi connectivity index (χ2n) is 4.45. The zero-order valence-electron chi connectivity index (χ0n) is 12.6. The molecule has 5 nitrogen and oxygen atoms in total. The number of benzene rings is 2. The molecule has 2 aromatic rings. The van der Waals surface area contributed by atoms with E-state index in [4.69, 9.17) is 25.8 Å². The third-order valence-electron chi connectivity index (χ3n) is 2.94. The quantitative estimate of drug-likeness (QED) is 0.875. The molecule has 0 saturated heterocycles. The van der Waals surface area contributed by atoms with Crippen LogP contribution in [0.25, 0.3) is 0 Å². The lowest BCUT2D eigenvalue weighted by molar-refractivity contribution is -0.118. The Morgan fingerprint density at radius 3 is 2.39 bits per heavy atom. The van der Waals surface area contributed by atoms with E-state index in [0.29, 0.717) is 22.9 Å². The molecule has 7 heteroatoms. The van der Waals surface area contributed by atoms with Crippen LogP contribution in [0, 0.1) is 5.82 Å². The first-order chi connectivity index (χ1) is 11.0. The van der Waals surface area contributed by atoms with E-state index in [2.05, 4.69) is 5.32 Å². The van der Waals surface area contributed by atoms with Crippen molar-refractivity contribution in [3.05, 3.63) is 47.2 Å². The monoisotopic (exact) mass is 339 g/mol. The summed E-state index contributed by atoms with van der Waals surface area (Å²) in [4.78, 5) is 12.0. The van der Waals surface area contributed by atoms with Gasteiger partial charge in [-0.2, -0.15) is 0 Å². The van der Waals surface area contributed by atoms with Crippen LogP contribution in [-0.2, 0) is 4.79 Å². The van der Waals surface area contributed by atoms with Crippen molar-refractivity contribution in [3.63, 3.8) is 0 Å². The molecule has 2 aromatic carbocycles. The maximum Gasteiger partial charge on any atom is 0.262 e. The van der Waals surface area contributed by atoms with E-state index in [9.17, 15) is 9.18 Å². The lowest BCUT2D eigenvalue weighted by Gasteiger charge is -2.14. The van der Waals surface area contributed by atoms with Crippen LogP contribution in [0.1, 0.15) is 0 Å². The second-order valence-corrected chi connectivity index (χ2v) is 4.86. The number of anilines is 1. The Labute approximate surface area is 137 Å². The van der Waals surface area contributed by atoms with Crippen molar-refractivity contribution in [2.24, 2.45) is 0 Å². The van der Waals surface area contributed by atoms with Crippen LogP contribution < -0.4 is 19.5 Å². The van der Waals surface area contributed by atoms with Crippen molar-refractivity contribution in [2.75, 3.05) is 26.1 Å². The molecule has 0 bridgehead atoms. The van der Waals surface area contributed by atoms with Gasteiger partial charge in [-0.25, -0.2) is 4.39 Å². The molecule has 1 N–H and O–H groups in total. The number of amides is 1. The average Bonchev–Trinajstić information content (AvgIpc) is 2.55. The molecule has 0 aliphatic rings. The van der Waals surface area contributed by atoms with E-state index < -0.39 is 11.7 Å². The highest BCUT2D eigenvalue weighted by molar-refractivity contribution is 6.33. The lowest BCUT2D eigenvalue weighted by Crippen LogP contribution is -2.20. The van der Waals surface area contributed by atoms with E-state index >= 15 is 0 Å². The molecule has 0 saturated carbocycles. The zero-order valence-corrected chi connectivity index (χ0v) is 13.3. The topological polar surface area (TPSA) is 56.8 Å². The smallest absolute Gasteiger partial charge is 0.262 e. The Morgan fingerprint density at radius 2 is 1.83 bits per heavy atom. The van der Waals surface area contributed by atoms with Crippen LogP contribution in [0.15, 0.2) is 36.4 Å². The molecule has 1 amide bonds. The Bertz CT molecular complexity index is 686. The molecular formula is C16H15ClFNO4. The number of carbonyl (C=O) groups is 1. The fourth-order valence-corrected chi connectivity index (χ4v) is 2.09. The van der Waals surface area contributed by atoms with Gasteiger partial charge in [-0.3, -0.25) is 4.79 Å². The normalized spacial score (nSPS) is 10.1. The van der Waals surface area contributed by atoms with Crippen LogP contribution in [0.4, 0.5) is 10.1 Å². The van der Waals surface area contributed by atoms with E-state index in [0.717, 1.165) is 6.07 Å². The molecule has 2 rings (SSSR count). The van der Waals surface area contributed by atoms with E-state index in [1.54, 1.807) is 18.2 Å². The first-order valence-corrected chi connectivity index (χ1v) is 7.01. The molecule has 0 aliphatic carbocycles. The highest BCUT2D eigenvalue weighted by atomic mass is 35.5. The van der Waals surface area contributed by atoms with Crippen molar-refractivity contribution in [2.45, 2.75) is 0 Å². The molecule has 23 heavy (non-hydrogen) atoms. The van der Waals surface area contributed by atoms with Gasteiger partial charge in [0, 0.05) is 0 Å².